The van der Waals surface area contributed by atoms with Crippen molar-refractivity contribution < 1.29 is 28.8 Å². The number of aliphatic hydroxyl groups is 1. The predicted octanol–water partition coefficient (Wildman–Crippen LogP) is 0.379. The second kappa shape index (κ2) is 5.40. The Balaban J connectivity index is 1.65. The van der Waals surface area contributed by atoms with Crippen molar-refractivity contribution >= 4 is 5.97 Å². The standard InChI is InChI=1S/C14H16O6/c1-17-14(16)8-2-4-9(5-3-8)20-11-7-19-12-10(15)6-18-13(11)12/h2-5,10-13,15H,6-7H2,1H3/t10-,11-,12?,13?/m0/s1. The Kier molecular flexibility index (Phi) is 3.60. The lowest BCUT2D eigenvalue weighted by Gasteiger charge is -2.17. The number of aliphatic hydroxyl groups excluding tert-OH is 1. The van der Waals surface area contributed by atoms with Crippen molar-refractivity contribution in [2.75, 3.05) is 20.3 Å². The van der Waals surface area contributed by atoms with Crippen LogP contribution in [0.1, 0.15) is 10.4 Å². The van der Waals surface area contributed by atoms with Gasteiger partial charge >= 0.3 is 5.97 Å². The number of esters is 1. The number of carbonyl (C=O) groups is 1. The summed E-state index contributed by atoms with van der Waals surface area (Å²) < 4.78 is 21.4. The lowest BCUT2D eigenvalue weighted by Crippen LogP contribution is -2.34. The van der Waals surface area contributed by atoms with Crippen LogP contribution in [0.4, 0.5) is 0 Å². The van der Waals surface area contributed by atoms with E-state index in [1.54, 1.807) is 24.3 Å². The van der Waals surface area contributed by atoms with Crippen molar-refractivity contribution in [1.82, 2.24) is 0 Å². The topological polar surface area (TPSA) is 74.2 Å². The molecule has 4 atom stereocenters. The number of hydrogen-bond acceptors (Lipinski definition) is 6. The molecular weight excluding hydrogens is 264 g/mol. The van der Waals surface area contributed by atoms with E-state index in [9.17, 15) is 9.90 Å². The van der Waals surface area contributed by atoms with Crippen molar-refractivity contribution in [2.45, 2.75) is 24.4 Å². The molecule has 0 bridgehead atoms. The molecule has 2 aliphatic rings. The summed E-state index contributed by atoms with van der Waals surface area (Å²) in [4.78, 5) is 11.3. The molecule has 1 aromatic carbocycles. The number of hydrogen-bond donors (Lipinski definition) is 1. The number of carbonyl (C=O) groups excluding carboxylic acids is 1. The normalized spacial score (nSPS) is 31.9. The first-order chi connectivity index (χ1) is 9.69. The molecule has 2 heterocycles. The summed E-state index contributed by atoms with van der Waals surface area (Å²) in [6.45, 7) is 0.654. The molecule has 2 fully saturated rings. The molecule has 1 aromatic rings. The SMILES string of the molecule is COC(=O)c1ccc(O[C@H]2COC3C2OC[C@@H]3O)cc1. The lowest BCUT2D eigenvalue weighted by molar-refractivity contribution is 0.00862. The van der Waals surface area contributed by atoms with Gasteiger partial charge in [-0.05, 0) is 24.3 Å². The molecule has 0 saturated carbocycles. The van der Waals surface area contributed by atoms with Crippen LogP contribution < -0.4 is 4.74 Å². The molecule has 0 radical (unpaired) electrons. The van der Waals surface area contributed by atoms with E-state index in [1.807, 2.05) is 0 Å². The van der Waals surface area contributed by atoms with Crippen molar-refractivity contribution in [2.24, 2.45) is 0 Å². The first-order valence-corrected chi connectivity index (χ1v) is 6.45. The Hall–Kier alpha value is -1.63. The summed E-state index contributed by atoms with van der Waals surface area (Å²) in [6.07, 6.45) is -1.39. The first-order valence-electron chi connectivity index (χ1n) is 6.45. The van der Waals surface area contributed by atoms with E-state index in [-0.39, 0.29) is 30.9 Å². The Morgan fingerprint density at radius 2 is 1.90 bits per heavy atom. The molecule has 20 heavy (non-hydrogen) atoms. The van der Waals surface area contributed by atoms with Gasteiger partial charge in [0.25, 0.3) is 0 Å². The Labute approximate surface area is 116 Å². The fourth-order valence-electron chi connectivity index (χ4n) is 2.51. The fourth-order valence-corrected chi connectivity index (χ4v) is 2.51. The van der Waals surface area contributed by atoms with Crippen LogP contribution in [0.25, 0.3) is 0 Å². The van der Waals surface area contributed by atoms with Crippen molar-refractivity contribution in [3.8, 4) is 5.75 Å². The van der Waals surface area contributed by atoms with Crippen LogP contribution in [0, 0.1) is 0 Å². The Bertz CT molecular complexity index is 485. The van der Waals surface area contributed by atoms with E-state index in [0.29, 0.717) is 17.9 Å². The van der Waals surface area contributed by atoms with Gasteiger partial charge in [0.1, 0.15) is 24.1 Å². The molecule has 1 N–H and O–H groups in total. The molecule has 2 aliphatic heterocycles. The fraction of sp³-hybridized carbons (Fsp3) is 0.500. The van der Waals surface area contributed by atoms with Gasteiger partial charge in [-0.3, -0.25) is 0 Å². The maximum Gasteiger partial charge on any atom is 0.337 e. The van der Waals surface area contributed by atoms with Gasteiger partial charge in [-0.25, -0.2) is 4.79 Å². The summed E-state index contributed by atoms with van der Waals surface area (Å²) in [7, 11) is 1.34. The molecular formula is C14H16O6. The second-order valence-electron chi connectivity index (χ2n) is 4.84. The van der Waals surface area contributed by atoms with Gasteiger partial charge < -0.3 is 24.1 Å². The highest BCUT2D eigenvalue weighted by Gasteiger charge is 2.48. The zero-order valence-corrected chi connectivity index (χ0v) is 11.0. The van der Waals surface area contributed by atoms with Crippen LogP contribution in [0.15, 0.2) is 24.3 Å². The minimum atomic E-state index is -0.588. The average molecular weight is 280 g/mol. The van der Waals surface area contributed by atoms with Crippen molar-refractivity contribution in [3.05, 3.63) is 29.8 Å². The summed E-state index contributed by atoms with van der Waals surface area (Å²) in [6, 6.07) is 6.67. The number of benzene rings is 1. The zero-order chi connectivity index (χ0) is 14.1. The number of fused-ring (bicyclic) bond motifs is 1. The monoisotopic (exact) mass is 280 g/mol. The minimum absolute atomic E-state index is 0.245. The van der Waals surface area contributed by atoms with Gasteiger partial charge in [0.15, 0.2) is 6.10 Å². The quantitative estimate of drug-likeness (QED) is 0.807. The third-order valence-electron chi connectivity index (χ3n) is 3.54. The van der Waals surface area contributed by atoms with Gasteiger partial charge in [-0.1, -0.05) is 0 Å². The molecule has 6 heteroatoms. The van der Waals surface area contributed by atoms with Gasteiger partial charge in [-0.2, -0.15) is 0 Å². The van der Waals surface area contributed by atoms with Gasteiger partial charge in [0.2, 0.25) is 0 Å². The third kappa shape index (κ3) is 2.37. The Morgan fingerprint density at radius 3 is 2.60 bits per heavy atom. The average Bonchev–Trinajstić information content (AvgIpc) is 3.03. The molecule has 3 rings (SSSR count). The largest absolute Gasteiger partial charge is 0.485 e. The summed E-state index contributed by atoms with van der Waals surface area (Å²) >= 11 is 0. The van der Waals surface area contributed by atoms with E-state index in [2.05, 4.69) is 4.74 Å². The maximum atomic E-state index is 11.3. The number of methoxy groups -OCH3 is 1. The summed E-state index contributed by atoms with van der Waals surface area (Å²) in [5.74, 6) is 0.236. The summed E-state index contributed by atoms with van der Waals surface area (Å²) in [5, 5.41) is 9.65. The molecule has 0 spiro atoms. The lowest BCUT2D eigenvalue weighted by atomic mass is 10.1. The summed E-state index contributed by atoms with van der Waals surface area (Å²) in [5.41, 5.74) is 0.466. The van der Waals surface area contributed by atoms with Gasteiger partial charge in [-0.15, -0.1) is 0 Å². The van der Waals surface area contributed by atoms with Crippen LogP contribution >= 0.6 is 0 Å². The molecule has 0 aromatic heterocycles. The van der Waals surface area contributed by atoms with Crippen LogP contribution in [0.2, 0.25) is 0 Å². The highest BCUT2D eigenvalue weighted by Crippen LogP contribution is 2.29. The zero-order valence-electron chi connectivity index (χ0n) is 11.0. The van der Waals surface area contributed by atoms with E-state index in [4.69, 9.17) is 14.2 Å². The van der Waals surface area contributed by atoms with Crippen LogP contribution in [0.5, 0.6) is 5.75 Å². The molecule has 0 aliphatic carbocycles. The number of rotatable bonds is 3. The molecule has 6 nitrogen and oxygen atoms in total. The van der Waals surface area contributed by atoms with Gasteiger partial charge in [0, 0.05) is 0 Å². The smallest absolute Gasteiger partial charge is 0.337 e. The van der Waals surface area contributed by atoms with Crippen molar-refractivity contribution in [3.63, 3.8) is 0 Å². The van der Waals surface area contributed by atoms with Crippen LogP contribution in [-0.4, -0.2) is 55.8 Å². The first kappa shape index (κ1) is 13.4. The highest BCUT2D eigenvalue weighted by atomic mass is 16.6. The minimum Gasteiger partial charge on any atom is -0.485 e. The Morgan fingerprint density at radius 1 is 1.20 bits per heavy atom. The molecule has 2 saturated heterocycles. The molecule has 0 amide bonds. The molecule has 2 unspecified atom stereocenters. The van der Waals surface area contributed by atoms with E-state index in [1.165, 1.54) is 7.11 Å². The predicted molar refractivity (Wildman–Crippen MR) is 67.7 cm³/mol. The second-order valence-corrected chi connectivity index (χ2v) is 4.84. The number of ether oxygens (including phenoxy) is 4. The van der Waals surface area contributed by atoms with Crippen LogP contribution in [0.3, 0.4) is 0 Å². The highest BCUT2D eigenvalue weighted by molar-refractivity contribution is 5.89. The van der Waals surface area contributed by atoms with Gasteiger partial charge in [0.05, 0.1) is 25.9 Å². The van der Waals surface area contributed by atoms with E-state index < -0.39 is 6.10 Å². The van der Waals surface area contributed by atoms with E-state index in [0.717, 1.165) is 0 Å². The maximum absolute atomic E-state index is 11.3. The van der Waals surface area contributed by atoms with Crippen molar-refractivity contribution in [1.29, 1.82) is 0 Å². The molecule has 108 valence electrons. The van der Waals surface area contributed by atoms with E-state index >= 15 is 0 Å². The third-order valence-corrected chi connectivity index (χ3v) is 3.54. The van der Waals surface area contributed by atoms with Crippen LogP contribution in [-0.2, 0) is 14.2 Å².